The molecule has 0 atom stereocenters. The van der Waals surface area contributed by atoms with E-state index in [4.69, 9.17) is 9.72 Å². The van der Waals surface area contributed by atoms with Crippen LogP contribution in [-0.2, 0) is 4.74 Å². The molecule has 0 saturated carbocycles. The quantitative estimate of drug-likeness (QED) is 0.367. The van der Waals surface area contributed by atoms with Crippen molar-refractivity contribution in [2.45, 2.75) is 6.92 Å². The minimum Gasteiger partial charge on any atom is -0.378 e. The Kier molecular flexibility index (Phi) is 5.42. The Morgan fingerprint density at radius 1 is 1.20 bits per heavy atom. The third kappa shape index (κ3) is 4.00. The Labute approximate surface area is 174 Å². The van der Waals surface area contributed by atoms with E-state index >= 15 is 0 Å². The first kappa shape index (κ1) is 19.6. The number of rotatable bonds is 4. The SMILES string of the molecule is Cc1ccc2cc(/C=C(/C#N)c3ccc([N+](=O)[O-])cc3)c(N3CCOCC3)nc2c1. The van der Waals surface area contributed by atoms with Crippen LogP contribution in [0.4, 0.5) is 11.5 Å². The number of nitrogens with zero attached hydrogens (tertiary/aromatic N) is 4. The number of fused-ring (bicyclic) bond motifs is 1. The van der Waals surface area contributed by atoms with Crippen LogP contribution in [0.3, 0.4) is 0 Å². The Balaban J connectivity index is 1.83. The number of allylic oxidation sites excluding steroid dienone is 1. The van der Waals surface area contributed by atoms with Crippen molar-refractivity contribution in [1.29, 1.82) is 5.26 Å². The lowest BCUT2D eigenvalue weighted by Crippen LogP contribution is -2.37. The monoisotopic (exact) mass is 400 g/mol. The molecule has 1 aliphatic rings. The zero-order valence-corrected chi connectivity index (χ0v) is 16.5. The number of benzene rings is 2. The van der Waals surface area contributed by atoms with Gasteiger partial charge in [0.15, 0.2) is 0 Å². The molecule has 1 aliphatic heterocycles. The Bertz CT molecular complexity index is 1170. The summed E-state index contributed by atoms with van der Waals surface area (Å²) in [4.78, 5) is 17.5. The van der Waals surface area contributed by atoms with Gasteiger partial charge in [-0.15, -0.1) is 0 Å². The van der Waals surface area contributed by atoms with Crippen molar-refractivity contribution in [3.05, 3.63) is 75.3 Å². The molecule has 7 nitrogen and oxygen atoms in total. The molecule has 1 aromatic heterocycles. The second-order valence-corrected chi connectivity index (χ2v) is 7.17. The number of morpholine rings is 1. The zero-order chi connectivity index (χ0) is 21.1. The van der Waals surface area contributed by atoms with Gasteiger partial charge in [-0.2, -0.15) is 5.26 Å². The first-order valence-electron chi connectivity index (χ1n) is 9.66. The molecular formula is C23H20N4O3. The van der Waals surface area contributed by atoms with Crippen LogP contribution in [0.15, 0.2) is 48.5 Å². The molecule has 0 amide bonds. The molecule has 1 fully saturated rings. The van der Waals surface area contributed by atoms with E-state index in [-0.39, 0.29) is 5.69 Å². The number of nitriles is 1. The lowest BCUT2D eigenvalue weighted by molar-refractivity contribution is -0.384. The summed E-state index contributed by atoms with van der Waals surface area (Å²) in [5.74, 6) is 0.811. The van der Waals surface area contributed by atoms with Crippen LogP contribution < -0.4 is 4.90 Å². The predicted octanol–water partition coefficient (Wildman–Crippen LogP) is 4.35. The molecule has 0 N–H and O–H groups in total. The van der Waals surface area contributed by atoms with Gasteiger partial charge in [-0.05, 0) is 48.4 Å². The van der Waals surface area contributed by atoms with Gasteiger partial charge < -0.3 is 9.64 Å². The van der Waals surface area contributed by atoms with Crippen LogP contribution in [-0.4, -0.2) is 36.2 Å². The van der Waals surface area contributed by atoms with Gasteiger partial charge in [-0.1, -0.05) is 12.1 Å². The largest absolute Gasteiger partial charge is 0.378 e. The van der Waals surface area contributed by atoms with Crippen LogP contribution in [0.1, 0.15) is 16.7 Å². The third-order valence-corrected chi connectivity index (χ3v) is 5.10. The van der Waals surface area contributed by atoms with Gasteiger partial charge in [0.1, 0.15) is 5.82 Å². The molecule has 7 heteroatoms. The smallest absolute Gasteiger partial charge is 0.269 e. The lowest BCUT2D eigenvalue weighted by Gasteiger charge is -2.29. The van der Waals surface area contributed by atoms with Gasteiger partial charge in [-0.3, -0.25) is 10.1 Å². The number of pyridine rings is 1. The van der Waals surface area contributed by atoms with Crippen molar-refractivity contribution in [3.63, 3.8) is 0 Å². The van der Waals surface area contributed by atoms with E-state index < -0.39 is 4.92 Å². The summed E-state index contributed by atoms with van der Waals surface area (Å²) in [6, 6.07) is 16.4. The van der Waals surface area contributed by atoms with Crippen molar-refractivity contribution in [2.24, 2.45) is 0 Å². The lowest BCUT2D eigenvalue weighted by atomic mass is 10.0. The molecule has 0 unspecified atom stereocenters. The summed E-state index contributed by atoms with van der Waals surface area (Å²) < 4.78 is 5.48. The fraction of sp³-hybridized carbons (Fsp3) is 0.217. The van der Waals surface area contributed by atoms with Crippen LogP contribution in [0.25, 0.3) is 22.6 Å². The summed E-state index contributed by atoms with van der Waals surface area (Å²) in [6.45, 7) is 4.75. The third-order valence-electron chi connectivity index (χ3n) is 5.10. The van der Waals surface area contributed by atoms with E-state index in [1.807, 2.05) is 31.2 Å². The molecule has 4 rings (SSSR count). The highest BCUT2D eigenvalue weighted by atomic mass is 16.6. The molecule has 3 aromatic rings. The maximum Gasteiger partial charge on any atom is 0.269 e. The molecule has 1 saturated heterocycles. The second kappa shape index (κ2) is 8.31. The van der Waals surface area contributed by atoms with Gasteiger partial charge in [0, 0.05) is 36.2 Å². The van der Waals surface area contributed by atoms with Gasteiger partial charge in [0.05, 0.1) is 35.3 Å². The summed E-state index contributed by atoms with van der Waals surface area (Å²) in [5.41, 5.74) is 3.92. The van der Waals surface area contributed by atoms with Gasteiger partial charge in [0.2, 0.25) is 0 Å². The molecular weight excluding hydrogens is 380 g/mol. The molecule has 2 aromatic carbocycles. The number of ether oxygens (including phenoxy) is 1. The van der Waals surface area contributed by atoms with Gasteiger partial charge in [-0.25, -0.2) is 4.98 Å². The number of hydrogen-bond donors (Lipinski definition) is 0. The molecule has 0 spiro atoms. The highest BCUT2D eigenvalue weighted by Crippen LogP contribution is 2.29. The van der Waals surface area contributed by atoms with Crippen molar-refractivity contribution < 1.29 is 9.66 Å². The van der Waals surface area contributed by atoms with E-state index in [2.05, 4.69) is 11.0 Å². The number of aryl methyl sites for hydroxylation is 1. The minimum absolute atomic E-state index is 0.00668. The number of non-ortho nitro benzene ring substituents is 1. The zero-order valence-electron chi connectivity index (χ0n) is 16.5. The molecule has 150 valence electrons. The minimum atomic E-state index is -0.453. The first-order valence-corrected chi connectivity index (χ1v) is 9.66. The molecule has 0 aliphatic carbocycles. The van der Waals surface area contributed by atoms with Crippen LogP contribution in [0.2, 0.25) is 0 Å². The van der Waals surface area contributed by atoms with E-state index in [0.717, 1.165) is 40.9 Å². The number of aromatic nitrogens is 1. The summed E-state index contributed by atoms with van der Waals surface area (Å²) in [6.07, 6.45) is 1.80. The van der Waals surface area contributed by atoms with Gasteiger partial charge in [0.25, 0.3) is 5.69 Å². The Morgan fingerprint density at radius 3 is 2.60 bits per heavy atom. The Hall–Kier alpha value is -3.76. The number of hydrogen-bond acceptors (Lipinski definition) is 6. The highest BCUT2D eigenvalue weighted by Gasteiger charge is 2.17. The second-order valence-electron chi connectivity index (χ2n) is 7.17. The summed E-state index contributed by atoms with van der Waals surface area (Å²) in [7, 11) is 0. The number of anilines is 1. The summed E-state index contributed by atoms with van der Waals surface area (Å²) in [5, 5.41) is 21.7. The average molecular weight is 400 g/mol. The molecule has 2 heterocycles. The fourth-order valence-electron chi connectivity index (χ4n) is 3.52. The van der Waals surface area contributed by atoms with Crippen molar-refractivity contribution >= 4 is 34.1 Å². The Morgan fingerprint density at radius 2 is 1.93 bits per heavy atom. The number of nitro benzene ring substituents is 1. The summed E-state index contributed by atoms with van der Waals surface area (Å²) >= 11 is 0. The fourth-order valence-corrected chi connectivity index (χ4v) is 3.52. The van der Waals surface area contributed by atoms with Crippen molar-refractivity contribution in [3.8, 4) is 6.07 Å². The normalized spacial score (nSPS) is 14.5. The maximum absolute atomic E-state index is 10.9. The average Bonchev–Trinajstić information content (AvgIpc) is 2.77. The molecule has 0 radical (unpaired) electrons. The molecule has 0 bridgehead atoms. The van der Waals surface area contributed by atoms with E-state index in [9.17, 15) is 15.4 Å². The van der Waals surface area contributed by atoms with Crippen molar-refractivity contribution in [2.75, 3.05) is 31.2 Å². The number of nitro groups is 1. The highest BCUT2D eigenvalue weighted by molar-refractivity contribution is 5.94. The van der Waals surface area contributed by atoms with Crippen molar-refractivity contribution in [1.82, 2.24) is 4.98 Å². The first-order chi connectivity index (χ1) is 14.5. The predicted molar refractivity (Wildman–Crippen MR) is 116 cm³/mol. The molecule has 30 heavy (non-hydrogen) atoms. The van der Waals surface area contributed by atoms with Crippen LogP contribution >= 0.6 is 0 Å². The van der Waals surface area contributed by atoms with E-state index in [1.165, 1.54) is 12.1 Å². The maximum atomic E-state index is 10.9. The van der Waals surface area contributed by atoms with E-state index in [1.54, 1.807) is 18.2 Å². The van der Waals surface area contributed by atoms with Crippen LogP contribution in [0, 0.1) is 28.4 Å². The van der Waals surface area contributed by atoms with Crippen LogP contribution in [0.5, 0.6) is 0 Å². The standard InChI is InChI=1S/C23H20N4O3/c1-16-2-3-18-13-19(23(25-22(18)12-16)26-8-10-30-11-9-26)14-20(15-24)17-4-6-21(7-5-17)27(28)29/h2-7,12-14H,8-11H2,1H3/b20-14-. The van der Waals surface area contributed by atoms with E-state index in [0.29, 0.717) is 24.4 Å². The topological polar surface area (TPSA) is 92.3 Å². The van der Waals surface area contributed by atoms with Gasteiger partial charge >= 0.3 is 0 Å².